The van der Waals surface area contributed by atoms with Crippen LogP contribution in [0.2, 0.25) is 5.02 Å². The van der Waals surface area contributed by atoms with Gasteiger partial charge in [-0.2, -0.15) is 9.97 Å². The summed E-state index contributed by atoms with van der Waals surface area (Å²) >= 11 is 5.86. The van der Waals surface area contributed by atoms with Crippen LogP contribution in [-0.2, 0) is 14.6 Å². The van der Waals surface area contributed by atoms with Crippen LogP contribution in [-0.4, -0.2) is 55.4 Å². The van der Waals surface area contributed by atoms with Gasteiger partial charge in [-0.25, -0.2) is 8.42 Å². The molecule has 1 N–H and O–H groups in total. The highest BCUT2D eigenvalue weighted by Crippen LogP contribution is 2.39. The molecule has 1 aromatic carbocycles. The number of methoxy groups -OCH3 is 1. The van der Waals surface area contributed by atoms with Crippen LogP contribution in [0.25, 0.3) is 0 Å². The summed E-state index contributed by atoms with van der Waals surface area (Å²) in [5.74, 6) is -0.296. The number of hydrogen-bond acceptors (Lipinski definition) is 9. The monoisotopic (exact) mass is 427 g/mol. The second-order valence-corrected chi connectivity index (χ2v) is 9.04. The van der Waals surface area contributed by atoms with Crippen molar-refractivity contribution >= 4 is 44.4 Å². The fraction of sp³-hybridized carbons (Fsp3) is 0.375. The number of nitro groups is 1. The van der Waals surface area contributed by atoms with Crippen molar-refractivity contribution < 1.29 is 18.1 Å². The van der Waals surface area contributed by atoms with Crippen LogP contribution in [0.4, 0.5) is 23.0 Å². The minimum absolute atomic E-state index is 0.0774. The van der Waals surface area contributed by atoms with E-state index < -0.39 is 31.2 Å². The lowest BCUT2D eigenvalue weighted by molar-refractivity contribution is -0.383. The molecule has 3 rings (SSSR count). The van der Waals surface area contributed by atoms with Crippen LogP contribution < -0.4 is 10.2 Å². The molecule has 0 saturated carbocycles. The molecule has 28 heavy (non-hydrogen) atoms. The summed E-state index contributed by atoms with van der Waals surface area (Å²) in [6.45, 7) is 2.50. The van der Waals surface area contributed by atoms with Crippen molar-refractivity contribution in [2.24, 2.45) is 0 Å². The zero-order valence-corrected chi connectivity index (χ0v) is 16.9. The Bertz CT molecular complexity index is 1020. The molecule has 12 heteroatoms. The van der Waals surface area contributed by atoms with E-state index in [-0.39, 0.29) is 11.6 Å². The van der Waals surface area contributed by atoms with Crippen LogP contribution in [0.15, 0.2) is 29.4 Å². The molecule has 1 aliphatic heterocycles. The first-order chi connectivity index (χ1) is 13.0. The summed E-state index contributed by atoms with van der Waals surface area (Å²) in [5.41, 5.74) is -0.448. The second-order valence-electron chi connectivity index (χ2n) is 6.70. The number of halogens is 1. The van der Waals surface area contributed by atoms with Gasteiger partial charge in [-0.1, -0.05) is 11.6 Å². The molecule has 1 aliphatic rings. The second kappa shape index (κ2) is 7.15. The molecule has 1 fully saturated rings. The van der Waals surface area contributed by atoms with Crippen LogP contribution in [0, 0.1) is 10.1 Å². The highest BCUT2D eigenvalue weighted by molar-refractivity contribution is 7.90. The van der Waals surface area contributed by atoms with Crippen LogP contribution in [0.3, 0.4) is 0 Å². The van der Waals surface area contributed by atoms with Gasteiger partial charge in [0.2, 0.25) is 21.5 Å². The van der Waals surface area contributed by atoms with E-state index in [1.807, 2.05) is 6.92 Å². The Hall–Kier alpha value is -2.50. The van der Waals surface area contributed by atoms with Gasteiger partial charge in [0.05, 0.1) is 23.6 Å². The molecule has 0 radical (unpaired) electrons. The highest BCUT2D eigenvalue weighted by atomic mass is 35.5. The molecule has 10 nitrogen and oxygen atoms in total. The summed E-state index contributed by atoms with van der Waals surface area (Å²) in [6.07, 6.45) is 0.944. The van der Waals surface area contributed by atoms with Gasteiger partial charge in [-0.3, -0.25) is 10.1 Å². The standard InChI is InChI=1S/C16H18ClN5O5S/c1-16(27-2)8-21(9-16)14-12(22(23)24)13(19-15(20-14)28(3,25)26)18-11-6-4-10(17)5-7-11/h4-7H,8-9H2,1-3H3,(H,18,19,20). The molecule has 2 aromatic rings. The molecule has 0 aliphatic carbocycles. The highest BCUT2D eigenvalue weighted by Gasteiger charge is 2.44. The zero-order chi connectivity index (χ0) is 20.7. The van der Waals surface area contributed by atoms with Crippen LogP contribution in [0.1, 0.15) is 6.92 Å². The van der Waals surface area contributed by atoms with Crippen molar-refractivity contribution in [3.63, 3.8) is 0 Å². The number of aromatic nitrogens is 2. The van der Waals surface area contributed by atoms with E-state index in [4.69, 9.17) is 16.3 Å². The smallest absolute Gasteiger partial charge is 0.353 e. The predicted octanol–water partition coefficient (Wildman–Crippen LogP) is 2.41. The van der Waals surface area contributed by atoms with Gasteiger partial charge in [0, 0.05) is 24.1 Å². The third kappa shape index (κ3) is 4.01. The first kappa shape index (κ1) is 20.2. The fourth-order valence-corrected chi connectivity index (χ4v) is 3.41. The normalized spacial score (nSPS) is 15.8. The number of anilines is 3. The molecular weight excluding hydrogens is 410 g/mol. The summed E-state index contributed by atoms with van der Waals surface area (Å²) in [5, 5.41) is 14.6. The Kier molecular flexibility index (Phi) is 5.17. The minimum Gasteiger partial charge on any atom is -0.375 e. The number of sulfone groups is 1. The summed E-state index contributed by atoms with van der Waals surface area (Å²) in [4.78, 5) is 20.6. The molecule has 0 bridgehead atoms. The van der Waals surface area contributed by atoms with E-state index in [2.05, 4.69) is 15.3 Å². The summed E-state index contributed by atoms with van der Waals surface area (Å²) < 4.78 is 29.4. The third-order valence-corrected chi connectivity index (χ3v) is 5.41. The van der Waals surface area contributed by atoms with E-state index in [9.17, 15) is 18.5 Å². The van der Waals surface area contributed by atoms with Gasteiger partial charge < -0.3 is 15.0 Å². The maximum atomic E-state index is 12.0. The SMILES string of the molecule is COC1(C)CN(c2nc(S(C)(=O)=O)nc(Nc3ccc(Cl)cc3)c2[N+](=O)[O-])C1. The quantitative estimate of drug-likeness (QED) is 0.419. The van der Waals surface area contributed by atoms with Crippen molar-refractivity contribution in [3.05, 3.63) is 39.4 Å². The molecule has 0 atom stereocenters. The molecule has 1 saturated heterocycles. The largest absolute Gasteiger partial charge is 0.375 e. The molecule has 1 aromatic heterocycles. The lowest BCUT2D eigenvalue weighted by Crippen LogP contribution is -2.61. The summed E-state index contributed by atoms with van der Waals surface area (Å²) in [7, 11) is -2.26. The van der Waals surface area contributed by atoms with Crippen LogP contribution >= 0.6 is 11.6 Å². The maximum absolute atomic E-state index is 12.0. The lowest BCUT2D eigenvalue weighted by Gasteiger charge is -2.47. The number of ether oxygens (including phenoxy) is 1. The minimum atomic E-state index is -3.81. The Morgan fingerprint density at radius 1 is 1.29 bits per heavy atom. The van der Waals surface area contributed by atoms with E-state index >= 15 is 0 Å². The number of rotatable bonds is 6. The van der Waals surface area contributed by atoms with E-state index in [1.165, 1.54) is 0 Å². The van der Waals surface area contributed by atoms with Gasteiger partial charge in [0.1, 0.15) is 0 Å². The van der Waals surface area contributed by atoms with Crippen LogP contribution in [0.5, 0.6) is 0 Å². The average molecular weight is 428 g/mol. The third-order valence-electron chi connectivity index (χ3n) is 4.31. The molecule has 0 amide bonds. The lowest BCUT2D eigenvalue weighted by atomic mass is 9.96. The van der Waals surface area contributed by atoms with Crippen molar-refractivity contribution in [2.45, 2.75) is 17.7 Å². The first-order valence-electron chi connectivity index (χ1n) is 8.11. The Labute approximate surface area is 166 Å². The van der Waals surface area contributed by atoms with Gasteiger partial charge in [0.15, 0.2) is 0 Å². The molecule has 2 heterocycles. The first-order valence-corrected chi connectivity index (χ1v) is 10.4. The molecule has 150 valence electrons. The van der Waals surface area contributed by atoms with Gasteiger partial charge in [-0.15, -0.1) is 0 Å². The number of benzene rings is 1. The molecule has 0 spiro atoms. The van der Waals surface area contributed by atoms with E-state index in [1.54, 1.807) is 36.3 Å². The van der Waals surface area contributed by atoms with E-state index in [0.29, 0.717) is 23.8 Å². The predicted molar refractivity (Wildman–Crippen MR) is 104 cm³/mol. The van der Waals surface area contributed by atoms with Crippen molar-refractivity contribution in [1.29, 1.82) is 0 Å². The van der Waals surface area contributed by atoms with Crippen molar-refractivity contribution in [3.8, 4) is 0 Å². The summed E-state index contributed by atoms with van der Waals surface area (Å²) in [6, 6.07) is 6.38. The van der Waals surface area contributed by atoms with Crippen molar-refractivity contribution in [1.82, 2.24) is 9.97 Å². The van der Waals surface area contributed by atoms with Crippen molar-refractivity contribution in [2.75, 3.05) is 36.7 Å². The average Bonchev–Trinajstić information content (AvgIpc) is 2.59. The Balaban J connectivity index is 2.12. The zero-order valence-electron chi connectivity index (χ0n) is 15.3. The van der Waals surface area contributed by atoms with E-state index in [0.717, 1.165) is 6.26 Å². The molecular formula is C16H18ClN5O5S. The molecule has 0 unspecified atom stereocenters. The topological polar surface area (TPSA) is 128 Å². The Morgan fingerprint density at radius 2 is 1.89 bits per heavy atom. The van der Waals surface area contributed by atoms with Gasteiger partial charge in [0.25, 0.3) is 5.16 Å². The number of nitrogens with one attached hydrogen (secondary N) is 1. The fourth-order valence-electron chi connectivity index (χ4n) is 2.77. The van der Waals surface area contributed by atoms with Gasteiger partial charge in [-0.05, 0) is 31.2 Å². The maximum Gasteiger partial charge on any atom is 0.353 e. The van der Waals surface area contributed by atoms with Gasteiger partial charge >= 0.3 is 5.69 Å². The number of hydrogen-bond donors (Lipinski definition) is 1. The number of nitrogens with zero attached hydrogens (tertiary/aromatic N) is 4. The Morgan fingerprint density at radius 3 is 2.39 bits per heavy atom.